The molecule has 2 amide bonds. The van der Waals surface area contributed by atoms with E-state index in [1.807, 2.05) is 0 Å². The monoisotopic (exact) mass is 448 g/mol. The Morgan fingerprint density at radius 2 is 1.75 bits per heavy atom. The Kier molecular flexibility index (Phi) is 9.76. The molecule has 1 heterocycles. The van der Waals surface area contributed by atoms with Crippen LogP contribution in [0, 0.1) is 5.41 Å². The Hall–Kier alpha value is -3.31. The van der Waals surface area contributed by atoms with Crippen LogP contribution in [-0.4, -0.2) is 68.2 Å². The molecule has 1 aliphatic heterocycles. The fourth-order valence-electron chi connectivity index (χ4n) is 2.85. The summed E-state index contributed by atoms with van der Waals surface area (Å²) in [6.45, 7) is 4.51. The van der Waals surface area contributed by atoms with Crippen LogP contribution in [0.3, 0.4) is 0 Å². The van der Waals surface area contributed by atoms with Crippen molar-refractivity contribution < 1.29 is 33.4 Å². The van der Waals surface area contributed by atoms with E-state index in [1.54, 1.807) is 6.92 Å². The van der Waals surface area contributed by atoms with E-state index in [0.717, 1.165) is 25.9 Å². The highest BCUT2D eigenvalue weighted by molar-refractivity contribution is 6.05. The van der Waals surface area contributed by atoms with Gasteiger partial charge >= 0.3 is 18.0 Å². The van der Waals surface area contributed by atoms with Crippen molar-refractivity contribution in [2.24, 2.45) is 0 Å². The van der Waals surface area contributed by atoms with Crippen molar-refractivity contribution in [3.63, 3.8) is 0 Å². The lowest BCUT2D eigenvalue weighted by Crippen LogP contribution is -2.41. The highest BCUT2D eigenvalue weighted by Crippen LogP contribution is 2.08. The molecule has 0 aromatic heterocycles. The molecule has 0 bridgehead atoms. The summed E-state index contributed by atoms with van der Waals surface area (Å²) in [7, 11) is 0. The van der Waals surface area contributed by atoms with Crippen molar-refractivity contribution in [1.82, 2.24) is 16.0 Å². The van der Waals surface area contributed by atoms with Gasteiger partial charge in [0.1, 0.15) is 18.5 Å². The molecule has 0 saturated carbocycles. The molecule has 174 valence electrons. The molecule has 4 N–H and O–H groups in total. The number of esters is 2. The zero-order valence-corrected chi connectivity index (χ0v) is 18.1. The van der Waals surface area contributed by atoms with Gasteiger partial charge in [0.25, 0.3) is 5.91 Å². The number of hydrogen-bond acceptors (Lipinski definition) is 9. The third kappa shape index (κ3) is 8.08. The number of ether oxygens (including phenoxy) is 3. The first-order chi connectivity index (χ1) is 15.3. The molecular weight excluding hydrogens is 420 g/mol. The molecule has 11 nitrogen and oxygen atoms in total. The molecule has 1 unspecified atom stereocenters. The van der Waals surface area contributed by atoms with Crippen LogP contribution in [0.5, 0.6) is 0 Å². The number of alkyl carbamates (subject to hydrolysis) is 1. The molecule has 0 radical (unpaired) electrons. The Bertz CT molecular complexity index is 835. The maximum Gasteiger partial charge on any atom is 0.412 e. The summed E-state index contributed by atoms with van der Waals surface area (Å²) in [4.78, 5) is 47.6. The van der Waals surface area contributed by atoms with Gasteiger partial charge in [0.2, 0.25) is 0 Å². The van der Waals surface area contributed by atoms with E-state index < -0.39 is 30.0 Å². The highest BCUT2D eigenvalue weighted by atomic mass is 16.6. The first-order valence-corrected chi connectivity index (χ1v) is 10.3. The van der Waals surface area contributed by atoms with Gasteiger partial charge in [-0.15, -0.1) is 0 Å². The maximum atomic E-state index is 12.3. The summed E-state index contributed by atoms with van der Waals surface area (Å²) in [5.74, 6) is -2.46. The number of nitrogens with one attached hydrogen (secondary N) is 4. The summed E-state index contributed by atoms with van der Waals surface area (Å²) in [6, 6.07) is 4.74. The maximum absolute atomic E-state index is 12.3. The lowest BCUT2D eigenvalue weighted by Gasteiger charge is -2.22. The van der Waals surface area contributed by atoms with Crippen molar-refractivity contribution in [3.05, 3.63) is 35.4 Å². The van der Waals surface area contributed by atoms with Crippen molar-refractivity contribution in [3.8, 4) is 0 Å². The first-order valence-electron chi connectivity index (χ1n) is 10.3. The van der Waals surface area contributed by atoms with Crippen molar-refractivity contribution in [2.45, 2.75) is 38.8 Å². The number of hydrogen-bond donors (Lipinski definition) is 4. The second kappa shape index (κ2) is 12.5. The number of piperidine rings is 1. The van der Waals surface area contributed by atoms with Crippen molar-refractivity contribution in [1.29, 1.82) is 5.41 Å². The topological polar surface area (TPSA) is 156 Å². The predicted octanol–water partition coefficient (Wildman–Crippen LogP) is 0.715. The van der Waals surface area contributed by atoms with Gasteiger partial charge < -0.3 is 24.8 Å². The minimum atomic E-state index is -1.06. The number of amidine groups is 1. The Balaban J connectivity index is 1.79. The van der Waals surface area contributed by atoms with Crippen molar-refractivity contribution >= 4 is 29.8 Å². The van der Waals surface area contributed by atoms with E-state index in [2.05, 4.69) is 16.0 Å². The normalized spacial score (nSPS) is 14.7. The zero-order chi connectivity index (χ0) is 23.5. The number of benzene rings is 1. The molecule has 1 aliphatic rings. The van der Waals surface area contributed by atoms with Crippen LogP contribution in [0.1, 0.15) is 42.6 Å². The van der Waals surface area contributed by atoms with E-state index in [-0.39, 0.29) is 30.7 Å². The van der Waals surface area contributed by atoms with E-state index in [4.69, 9.17) is 19.6 Å². The van der Waals surface area contributed by atoms with Crippen LogP contribution in [0.15, 0.2) is 24.3 Å². The Morgan fingerprint density at radius 1 is 1.12 bits per heavy atom. The minimum Gasteiger partial charge on any atom is -0.450 e. The Morgan fingerprint density at radius 3 is 2.38 bits per heavy atom. The first kappa shape index (κ1) is 25.0. The number of carbonyl (C=O) groups is 4. The molecule has 1 aromatic carbocycles. The fourth-order valence-corrected chi connectivity index (χ4v) is 2.85. The van der Waals surface area contributed by atoms with Gasteiger partial charge in [-0.05, 0) is 51.9 Å². The molecule has 2 rings (SSSR count). The smallest absolute Gasteiger partial charge is 0.412 e. The molecule has 32 heavy (non-hydrogen) atoms. The van der Waals surface area contributed by atoms with Gasteiger partial charge in [-0.3, -0.25) is 15.5 Å². The summed E-state index contributed by atoms with van der Waals surface area (Å²) >= 11 is 0. The third-order valence-corrected chi connectivity index (χ3v) is 4.58. The average molecular weight is 448 g/mol. The SMILES string of the molecule is CCOC(=O)NC(=N)c1ccc(C(=O)NC(C)C(=O)OC(=O)COC2CCNCC2)cc1. The summed E-state index contributed by atoms with van der Waals surface area (Å²) in [5.41, 5.74) is 0.583. The van der Waals surface area contributed by atoms with E-state index >= 15 is 0 Å². The van der Waals surface area contributed by atoms with Gasteiger partial charge in [0.05, 0.1) is 12.7 Å². The van der Waals surface area contributed by atoms with Gasteiger partial charge in [-0.2, -0.15) is 0 Å². The van der Waals surface area contributed by atoms with Gasteiger partial charge in [0, 0.05) is 11.1 Å². The standard InChI is InChI=1S/C21H28N4O7/c1-3-30-21(29)25-18(22)14-4-6-15(7-5-14)19(27)24-13(2)20(28)32-17(26)12-31-16-8-10-23-11-9-16/h4-7,13,16,23H,3,8-12H2,1-2H3,(H,24,27)(H2,22,25,29). The highest BCUT2D eigenvalue weighted by Gasteiger charge is 2.22. The molecule has 1 aromatic rings. The predicted molar refractivity (Wildman–Crippen MR) is 113 cm³/mol. The lowest BCUT2D eigenvalue weighted by atomic mass is 10.1. The van der Waals surface area contributed by atoms with Crippen LogP contribution in [0.25, 0.3) is 0 Å². The zero-order valence-electron chi connectivity index (χ0n) is 18.1. The van der Waals surface area contributed by atoms with E-state index in [0.29, 0.717) is 5.56 Å². The molecule has 1 atom stereocenters. The molecule has 1 saturated heterocycles. The van der Waals surface area contributed by atoms with Crippen LogP contribution in [0.4, 0.5) is 4.79 Å². The quantitative estimate of drug-likeness (QED) is 0.196. The molecular formula is C21H28N4O7. The average Bonchev–Trinajstić information content (AvgIpc) is 2.78. The molecule has 1 fully saturated rings. The summed E-state index contributed by atoms with van der Waals surface area (Å²) in [5, 5.41) is 15.7. The van der Waals surface area contributed by atoms with Crippen LogP contribution in [-0.2, 0) is 23.8 Å². The minimum absolute atomic E-state index is 0.0482. The van der Waals surface area contributed by atoms with Gasteiger partial charge in [-0.1, -0.05) is 12.1 Å². The second-order valence-corrected chi connectivity index (χ2v) is 7.05. The molecule has 0 aliphatic carbocycles. The summed E-state index contributed by atoms with van der Waals surface area (Å²) in [6.07, 6.45) is 0.769. The summed E-state index contributed by atoms with van der Waals surface area (Å²) < 4.78 is 14.9. The second-order valence-electron chi connectivity index (χ2n) is 7.05. The third-order valence-electron chi connectivity index (χ3n) is 4.58. The van der Waals surface area contributed by atoms with Gasteiger partial charge in [-0.25, -0.2) is 14.4 Å². The van der Waals surface area contributed by atoms with Gasteiger partial charge in [0.15, 0.2) is 0 Å². The number of rotatable bonds is 8. The van der Waals surface area contributed by atoms with Crippen molar-refractivity contribution in [2.75, 3.05) is 26.3 Å². The largest absolute Gasteiger partial charge is 0.450 e. The molecule has 11 heteroatoms. The van der Waals surface area contributed by atoms with E-state index in [1.165, 1.54) is 31.2 Å². The van der Waals surface area contributed by atoms with Crippen LogP contribution in [0.2, 0.25) is 0 Å². The number of amides is 2. The lowest BCUT2D eigenvalue weighted by molar-refractivity contribution is -0.165. The molecule has 0 spiro atoms. The fraction of sp³-hybridized carbons (Fsp3) is 0.476. The Labute approximate surface area is 185 Å². The number of carbonyl (C=O) groups excluding carboxylic acids is 4. The van der Waals surface area contributed by atoms with E-state index in [9.17, 15) is 19.2 Å². The van der Waals surface area contributed by atoms with Crippen LogP contribution < -0.4 is 16.0 Å². The van der Waals surface area contributed by atoms with Crippen LogP contribution >= 0.6 is 0 Å².